The van der Waals surface area contributed by atoms with E-state index in [1.54, 1.807) is 0 Å². The van der Waals surface area contributed by atoms with Crippen molar-refractivity contribution in [3.63, 3.8) is 0 Å². The van der Waals surface area contributed by atoms with Crippen LogP contribution in [0.3, 0.4) is 0 Å². The van der Waals surface area contributed by atoms with Crippen molar-refractivity contribution in [3.05, 3.63) is 6.54 Å². The number of piperidine rings is 1. The van der Waals surface area contributed by atoms with Crippen LogP contribution in [0.2, 0.25) is 0 Å². The Morgan fingerprint density at radius 1 is 1.45 bits per heavy atom. The Balaban J connectivity index is 0.000001000. The van der Waals surface area contributed by atoms with Gasteiger partial charge in [0.15, 0.2) is 0 Å². The fourth-order valence-electron chi connectivity index (χ4n) is 1.35. The number of likely N-dealkylation sites (tertiary alicyclic amines) is 1. The normalized spacial score (nSPS) is 31.1. The zero-order valence-electron chi connectivity index (χ0n) is 8.09. The molecule has 0 radical (unpaired) electrons. The molecule has 0 amide bonds. The van der Waals surface area contributed by atoms with Gasteiger partial charge in [0.1, 0.15) is 0 Å². The molecule has 11 heavy (non-hydrogen) atoms. The van der Waals surface area contributed by atoms with Crippen molar-refractivity contribution >= 4 is 0 Å². The molecule has 1 aliphatic heterocycles. The summed E-state index contributed by atoms with van der Waals surface area (Å²) in [6.45, 7) is 10.6. The van der Waals surface area contributed by atoms with E-state index in [0.29, 0.717) is 5.41 Å². The second-order valence-corrected chi connectivity index (χ2v) is 4.16. The molecule has 1 unspecified atom stereocenters. The smallest absolute Gasteiger partial charge is 0.459 e. The van der Waals surface area contributed by atoms with Crippen LogP contribution >= 0.6 is 0 Å². The van der Waals surface area contributed by atoms with Gasteiger partial charge in [-0.3, -0.25) is 6.54 Å². The first kappa shape index (κ1) is 12.3. The molecule has 2 heteroatoms. The minimum absolute atomic E-state index is 0. The predicted octanol–water partition coefficient (Wildman–Crippen LogP) is 2.15. The molecule has 0 bridgehead atoms. The van der Waals surface area contributed by atoms with E-state index < -0.39 is 0 Å². The average Bonchev–Trinajstić information content (AvgIpc) is 1.81. The van der Waals surface area contributed by atoms with Gasteiger partial charge in [-0.25, -0.2) is 0 Å². The van der Waals surface area contributed by atoms with Crippen LogP contribution in [0.5, 0.6) is 0 Å². The van der Waals surface area contributed by atoms with E-state index in [1.165, 1.54) is 13.0 Å². The zero-order valence-corrected chi connectivity index (χ0v) is 11.8. The molecule has 1 aliphatic rings. The maximum Gasteiger partial charge on any atom is 3.00 e. The first-order valence-electron chi connectivity index (χ1n) is 4.07. The molecule has 1 heterocycles. The molecule has 60 valence electrons. The molecular formula is C9H18NPr+2. The van der Waals surface area contributed by atoms with Gasteiger partial charge in [-0.2, -0.15) is 5.92 Å². The predicted molar refractivity (Wildman–Crippen MR) is 44.5 cm³/mol. The van der Waals surface area contributed by atoms with Crippen molar-refractivity contribution in [1.82, 2.24) is 4.90 Å². The van der Waals surface area contributed by atoms with Crippen molar-refractivity contribution in [2.24, 2.45) is 11.3 Å². The Hall–Kier alpha value is 1.32. The number of hydrogen-bond donors (Lipinski definition) is 0. The van der Waals surface area contributed by atoms with Gasteiger partial charge in [-0.1, -0.05) is 26.2 Å². The van der Waals surface area contributed by atoms with Crippen molar-refractivity contribution < 1.29 is 41.3 Å². The first-order chi connectivity index (χ1) is 4.52. The molecule has 0 N–H and O–H groups in total. The average molecular weight is 281 g/mol. The van der Waals surface area contributed by atoms with Crippen LogP contribution in [0.4, 0.5) is 0 Å². The summed E-state index contributed by atoms with van der Waals surface area (Å²) in [6, 6.07) is 0. The van der Waals surface area contributed by atoms with Crippen LogP contribution in [-0.2, 0) is 0 Å². The van der Waals surface area contributed by atoms with Crippen molar-refractivity contribution in [3.8, 4) is 0 Å². The van der Waals surface area contributed by atoms with E-state index in [9.17, 15) is 0 Å². The standard InChI is InChI=1S/C9H18N.Pr/c1-8-7-10(4)6-5-9(8,2)3;/h7-8H,5-6H2,1-4H3;/q-1;+3. The van der Waals surface area contributed by atoms with Gasteiger partial charge in [0.05, 0.1) is 0 Å². The monoisotopic (exact) mass is 281 g/mol. The second kappa shape index (κ2) is 4.53. The van der Waals surface area contributed by atoms with Crippen LogP contribution in [0, 0.1) is 59.2 Å². The molecule has 0 saturated carbocycles. The second-order valence-electron chi connectivity index (χ2n) is 4.16. The molecule has 0 aromatic rings. The van der Waals surface area contributed by atoms with Crippen LogP contribution < -0.4 is 0 Å². The Morgan fingerprint density at radius 3 is 2.36 bits per heavy atom. The maximum absolute atomic E-state index is 2.35. The number of hydrogen-bond acceptors (Lipinski definition) is 1. The van der Waals surface area contributed by atoms with Gasteiger partial charge in [-0.05, 0) is 20.0 Å². The van der Waals surface area contributed by atoms with E-state index in [2.05, 4.69) is 39.3 Å². The summed E-state index contributed by atoms with van der Waals surface area (Å²) in [5.41, 5.74) is 0.520. The van der Waals surface area contributed by atoms with Crippen LogP contribution in [0.15, 0.2) is 0 Å². The molecule has 1 nitrogen and oxygen atoms in total. The summed E-state index contributed by atoms with van der Waals surface area (Å²) < 4.78 is 0. The van der Waals surface area contributed by atoms with E-state index in [4.69, 9.17) is 0 Å². The first-order valence-corrected chi connectivity index (χ1v) is 4.07. The topological polar surface area (TPSA) is 3.24 Å². The van der Waals surface area contributed by atoms with E-state index in [0.717, 1.165) is 5.92 Å². The molecule has 0 spiro atoms. The third kappa shape index (κ3) is 3.28. The summed E-state index contributed by atoms with van der Waals surface area (Å²) in [5, 5.41) is 0. The fraction of sp³-hybridized carbons (Fsp3) is 0.889. The molecule has 1 rings (SSSR count). The van der Waals surface area contributed by atoms with E-state index >= 15 is 0 Å². The van der Waals surface area contributed by atoms with Crippen LogP contribution in [0.25, 0.3) is 0 Å². The van der Waals surface area contributed by atoms with Gasteiger partial charge in [-0.15, -0.1) is 0 Å². The maximum atomic E-state index is 2.35. The van der Waals surface area contributed by atoms with Gasteiger partial charge in [0.25, 0.3) is 0 Å². The summed E-state index contributed by atoms with van der Waals surface area (Å²) in [7, 11) is 2.16. The van der Waals surface area contributed by atoms with Crippen molar-refractivity contribution in [2.75, 3.05) is 13.6 Å². The molecule has 1 saturated heterocycles. The Labute approximate surface area is 104 Å². The van der Waals surface area contributed by atoms with Crippen molar-refractivity contribution in [1.29, 1.82) is 0 Å². The quantitative estimate of drug-likeness (QED) is 0.615. The summed E-state index contributed by atoms with van der Waals surface area (Å²) in [6.07, 6.45) is 1.32. The molecule has 0 aliphatic carbocycles. The third-order valence-corrected chi connectivity index (χ3v) is 2.82. The Morgan fingerprint density at radius 2 is 2.00 bits per heavy atom. The third-order valence-electron chi connectivity index (χ3n) is 2.82. The number of nitrogens with zero attached hydrogens (tertiary/aromatic N) is 1. The molecular weight excluding hydrogens is 263 g/mol. The SMILES string of the molecule is CC1[CH-]N(C)CCC1(C)C.[Pr+3]. The van der Waals surface area contributed by atoms with Crippen LogP contribution in [0.1, 0.15) is 27.2 Å². The Bertz CT molecular complexity index is 123. The summed E-state index contributed by atoms with van der Waals surface area (Å²) >= 11 is 0. The molecule has 0 aromatic carbocycles. The number of rotatable bonds is 0. The van der Waals surface area contributed by atoms with Crippen LogP contribution in [-0.4, -0.2) is 18.5 Å². The van der Waals surface area contributed by atoms with E-state index in [1.807, 2.05) is 0 Å². The Kier molecular flexibility index (Phi) is 5.07. The van der Waals surface area contributed by atoms with Gasteiger partial charge >= 0.3 is 41.3 Å². The van der Waals surface area contributed by atoms with Gasteiger partial charge in [0, 0.05) is 0 Å². The summed E-state index contributed by atoms with van der Waals surface area (Å²) in [4.78, 5) is 2.30. The van der Waals surface area contributed by atoms with Gasteiger partial charge < -0.3 is 4.90 Å². The summed E-state index contributed by atoms with van der Waals surface area (Å²) in [5.74, 6) is 0.728. The minimum Gasteiger partial charge on any atom is -0.459 e. The zero-order chi connectivity index (χ0) is 7.78. The largest absolute Gasteiger partial charge is 3.00 e. The van der Waals surface area contributed by atoms with Crippen molar-refractivity contribution in [2.45, 2.75) is 27.2 Å². The fourth-order valence-corrected chi connectivity index (χ4v) is 1.35. The van der Waals surface area contributed by atoms with Gasteiger partial charge in [0.2, 0.25) is 0 Å². The van der Waals surface area contributed by atoms with E-state index in [-0.39, 0.29) is 41.3 Å². The molecule has 1 fully saturated rings. The molecule has 0 aromatic heterocycles. The molecule has 1 atom stereocenters. The minimum atomic E-state index is 0.